The van der Waals surface area contributed by atoms with Crippen molar-refractivity contribution >= 4 is 5.69 Å². The summed E-state index contributed by atoms with van der Waals surface area (Å²) in [6, 6.07) is 8.93. The maximum absolute atomic E-state index is 6.01. The van der Waals surface area contributed by atoms with Gasteiger partial charge in [-0.2, -0.15) is 5.10 Å². The van der Waals surface area contributed by atoms with Crippen LogP contribution in [0.15, 0.2) is 36.7 Å². The predicted octanol–water partition coefficient (Wildman–Crippen LogP) is 1.19. The molecule has 0 aliphatic carbocycles. The van der Waals surface area contributed by atoms with E-state index in [2.05, 4.69) is 39.6 Å². The summed E-state index contributed by atoms with van der Waals surface area (Å²) in [5.74, 6) is 0.782. The minimum absolute atomic E-state index is 0.00632. The number of benzene rings is 1. The maximum Gasteiger partial charge on any atom is 0.157 e. The highest BCUT2D eigenvalue weighted by Crippen LogP contribution is 2.19. The molecule has 0 bridgehead atoms. The zero-order chi connectivity index (χ0) is 17.8. The molecule has 0 unspecified atom stereocenters. The highest BCUT2D eigenvalue weighted by molar-refractivity contribution is 5.47. The molecule has 0 saturated carbocycles. The van der Waals surface area contributed by atoms with Crippen LogP contribution in [0.1, 0.15) is 5.56 Å². The van der Waals surface area contributed by atoms with Crippen molar-refractivity contribution in [2.24, 2.45) is 7.05 Å². The molecule has 3 heterocycles. The van der Waals surface area contributed by atoms with Gasteiger partial charge in [-0.3, -0.25) is 4.68 Å². The van der Waals surface area contributed by atoms with E-state index in [4.69, 9.17) is 14.2 Å². The summed E-state index contributed by atoms with van der Waals surface area (Å²) in [5, 5.41) is 7.71. The molecule has 140 valence electrons. The second-order valence-electron chi connectivity index (χ2n) is 6.80. The Balaban J connectivity index is 1.30. The van der Waals surface area contributed by atoms with E-state index in [0.717, 1.165) is 38.6 Å². The largest absolute Gasteiger partial charge is 0.483 e. The molecule has 2 aromatic rings. The molecule has 2 aliphatic rings. The fraction of sp³-hybridized carbons (Fsp3) is 0.526. The third kappa shape index (κ3) is 4.17. The van der Waals surface area contributed by atoms with Crippen molar-refractivity contribution in [2.45, 2.75) is 18.7 Å². The third-order valence-corrected chi connectivity index (χ3v) is 4.88. The number of aryl methyl sites for hydroxylation is 1. The minimum Gasteiger partial charge on any atom is -0.483 e. The molecule has 0 radical (unpaired) electrons. The molecule has 1 aromatic carbocycles. The van der Waals surface area contributed by atoms with E-state index in [1.54, 1.807) is 10.9 Å². The quantitative estimate of drug-likeness (QED) is 0.837. The summed E-state index contributed by atoms with van der Waals surface area (Å²) in [7, 11) is 1.88. The fourth-order valence-electron chi connectivity index (χ4n) is 3.37. The Kier molecular flexibility index (Phi) is 5.38. The van der Waals surface area contributed by atoms with E-state index in [-0.39, 0.29) is 12.1 Å². The molecule has 2 aliphatic heterocycles. The van der Waals surface area contributed by atoms with Gasteiger partial charge in [0.2, 0.25) is 0 Å². The Morgan fingerprint density at radius 1 is 1.15 bits per heavy atom. The summed E-state index contributed by atoms with van der Waals surface area (Å²) in [6.07, 6.45) is 3.62. The lowest BCUT2D eigenvalue weighted by molar-refractivity contribution is 0.122. The molecule has 7 heteroatoms. The lowest BCUT2D eigenvalue weighted by Crippen LogP contribution is -2.41. The van der Waals surface area contributed by atoms with Crippen molar-refractivity contribution in [3.05, 3.63) is 42.2 Å². The molecule has 2 fully saturated rings. The zero-order valence-electron chi connectivity index (χ0n) is 15.1. The molecule has 2 atom stereocenters. The fourth-order valence-corrected chi connectivity index (χ4v) is 3.37. The van der Waals surface area contributed by atoms with Crippen LogP contribution in [-0.2, 0) is 23.1 Å². The van der Waals surface area contributed by atoms with Gasteiger partial charge in [0.15, 0.2) is 5.75 Å². The standard InChI is InChI=1S/C19H26N4O3/c1-22-12-17(11-21-22)26-19-14-25-13-18(19)20-10-15-2-4-16(5-3-15)23-6-8-24-9-7-23/h2-5,11-12,18-20H,6-10,13-14H2,1H3/t18-,19+/m0/s1. The van der Waals surface area contributed by atoms with Gasteiger partial charge < -0.3 is 24.4 Å². The average molecular weight is 358 g/mol. The Labute approximate surface area is 153 Å². The Morgan fingerprint density at radius 3 is 2.69 bits per heavy atom. The number of hydrogen-bond donors (Lipinski definition) is 1. The van der Waals surface area contributed by atoms with Crippen molar-refractivity contribution in [1.29, 1.82) is 0 Å². The van der Waals surface area contributed by atoms with Gasteiger partial charge >= 0.3 is 0 Å². The van der Waals surface area contributed by atoms with E-state index in [0.29, 0.717) is 13.2 Å². The van der Waals surface area contributed by atoms with Gasteiger partial charge in [-0.1, -0.05) is 12.1 Å². The highest BCUT2D eigenvalue weighted by atomic mass is 16.5. The van der Waals surface area contributed by atoms with Crippen molar-refractivity contribution in [3.63, 3.8) is 0 Å². The van der Waals surface area contributed by atoms with Crippen LogP contribution >= 0.6 is 0 Å². The average Bonchev–Trinajstić information content (AvgIpc) is 3.30. The summed E-state index contributed by atoms with van der Waals surface area (Å²) in [4.78, 5) is 2.36. The van der Waals surface area contributed by atoms with E-state index in [1.165, 1.54) is 11.3 Å². The van der Waals surface area contributed by atoms with Crippen LogP contribution in [0, 0.1) is 0 Å². The second kappa shape index (κ2) is 8.07. The molecule has 4 rings (SSSR count). The molecule has 0 spiro atoms. The van der Waals surface area contributed by atoms with E-state index in [9.17, 15) is 0 Å². The van der Waals surface area contributed by atoms with Crippen LogP contribution < -0.4 is 15.0 Å². The van der Waals surface area contributed by atoms with Crippen molar-refractivity contribution in [1.82, 2.24) is 15.1 Å². The van der Waals surface area contributed by atoms with Gasteiger partial charge in [0.1, 0.15) is 6.10 Å². The summed E-state index contributed by atoms with van der Waals surface area (Å²) >= 11 is 0. The molecule has 2 saturated heterocycles. The van der Waals surface area contributed by atoms with Gasteiger partial charge in [0, 0.05) is 32.4 Å². The molecular weight excluding hydrogens is 332 g/mol. The third-order valence-electron chi connectivity index (χ3n) is 4.88. The second-order valence-corrected chi connectivity index (χ2v) is 6.80. The van der Waals surface area contributed by atoms with Gasteiger partial charge in [-0.05, 0) is 17.7 Å². The number of nitrogens with one attached hydrogen (secondary N) is 1. The first-order chi connectivity index (χ1) is 12.8. The maximum atomic E-state index is 6.01. The van der Waals surface area contributed by atoms with Crippen LogP contribution in [-0.4, -0.2) is 61.4 Å². The van der Waals surface area contributed by atoms with Gasteiger partial charge in [0.25, 0.3) is 0 Å². The number of anilines is 1. The molecule has 1 N–H and O–H groups in total. The summed E-state index contributed by atoms with van der Waals surface area (Å²) < 4.78 is 18.8. The summed E-state index contributed by atoms with van der Waals surface area (Å²) in [6.45, 7) is 5.60. The number of ether oxygens (including phenoxy) is 3. The Morgan fingerprint density at radius 2 is 1.96 bits per heavy atom. The van der Waals surface area contributed by atoms with Crippen molar-refractivity contribution in [3.8, 4) is 5.75 Å². The van der Waals surface area contributed by atoms with Crippen LogP contribution in [0.25, 0.3) is 0 Å². The first-order valence-electron chi connectivity index (χ1n) is 9.16. The number of morpholine rings is 1. The van der Waals surface area contributed by atoms with Crippen LogP contribution in [0.5, 0.6) is 5.75 Å². The topological polar surface area (TPSA) is 60.8 Å². The SMILES string of the molecule is Cn1cc(O[C@@H]2COC[C@@H]2NCc2ccc(N3CCOCC3)cc2)cn1. The molecule has 26 heavy (non-hydrogen) atoms. The van der Waals surface area contributed by atoms with Crippen molar-refractivity contribution in [2.75, 3.05) is 44.4 Å². The Hall–Kier alpha value is -2.09. The van der Waals surface area contributed by atoms with E-state index in [1.807, 2.05) is 13.2 Å². The lowest BCUT2D eigenvalue weighted by atomic mass is 10.1. The number of nitrogens with zero attached hydrogens (tertiary/aromatic N) is 3. The Bertz CT molecular complexity index is 697. The van der Waals surface area contributed by atoms with Gasteiger partial charge in [-0.25, -0.2) is 0 Å². The number of rotatable bonds is 6. The highest BCUT2D eigenvalue weighted by Gasteiger charge is 2.30. The summed E-state index contributed by atoms with van der Waals surface area (Å²) in [5.41, 5.74) is 2.52. The molecular formula is C19H26N4O3. The van der Waals surface area contributed by atoms with Crippen LogP contribution in [0.2, 0.25) is 0 Å². The molecule has 0 amide bonds. The van der Waals surface area contributed by atoms with Crippen LogP contribution in [0.3, 0.4) is 0 Å². The molecule has 7 nitrogen and oxygen atoms in total. The first kappa shape index (κ1) is 17.3. The van der Waals surface area contributed by atoms with E-state index >= 15 is 0 Å². The van der Waals surface area contributed by atoms with Crippen molar-refractivity contribution < 1.29 is 14.2 Å². The van der Waals surface area contributed by atoms with Crippen LogP contribution in [0.4, 0.5) is 5.69 Å². The first-order valence-corrected chi connectivity index (χ1v) is 9.16. The minimum atomic E-state index is 0.00632. The molecule has 1 aromatic heterocycles. The predicted molar refractivity (Wildman–Crippen MR) is 98.5 cm³/mol. The van der Waals surface area contributed by atoms with Gasteiger partial charge in [0.05, 0.1) is 44.9 Å². The smallest absolute Gasteiger partial charge is 0.157 e. The normalized spacial score (nSPS) is 23.3. The number of aromatic nitrogens is 2. The van der Waals surface area contributed by atoms with E-state index < -0.39 is 0 Å². The monoisotopic (exact) mass is 358 g/mol. The number of hydrogen-bond acceptors (Lipinski definition) is 6. The zero-order valence-corrected chi connectivity index (χ0v) is 15.1. The lowest BCUT2D eigenvalue weighted by Gasteiger charge is -2.29. The van der Waals surface area contributed by atoms with Gasteiger partial charge in [-0.15, -0.1) is 0 Å².